The van der Waals surface area contributed by atoms with E-state index in [1.807, 2.05) is 18.2 Å². The summed E-state index contributed by atoms with van der Waals surface area (Å²) in [5.41, 5.74) is 5.30. The van der Waals surface area contributed by atoms with E-state index in [9.17, 15) is 9.59 Å². The van der Waals surface area contributed by atoms with Crippen LogP contribution >= 0.6 is 11.6 Å². The smallest absolute Gasteiger partial charge is 0.223 e. The molecule has 1 amide bonds. The van der Waals surface area contributed by atoms with Gasteiger partial charge in [0.15, 0.2) is 5.78 Å². The van der Waals surface area contributed by atoms with Crippen molar-refractivity contribution in [2.75, 3.05) is 13.6 Å². The zero-order chi connectivity index (χ0) is 16.2. The first-order valence-electron chi connectivity index (χ1n) is 7.79. The Morgan fingerprint density at radius 2 is 2.09 bits per heavy atom. The number of nitrogens with zero attached hydrogens (tertiary/aromatic N) is 1. The van der Waals surface area contributed by atoms with E-state index in [1.165, 1.54) is 0 Å². The minimum atomic E-state index is -0.928. The van der Waals surface area contributed by atoms with E-state index >= 15 is 0 Å². The molecule has 22 heavy (non-hydrogen) atoms. The molecule has 0 aromatic heterocycles. The van der Waals surface area contributed by atoms with Crippen molar-refractivity contribution in [2.45, 2.75) is 44.1 Å². The Morgan fingerprint density at radius 1 is 1.36 bits per heavy atom. The molecule has 1 aromatic rings. The summed E-state index contributed by atoms with van der Waals surface area (Å²) < 4.78 is 0. The van der Waals surface area contributed by atoms with Crippen LogP contribution < -0.4 is 5.73 Å². The monoisotopic (exact) mass is 322 g/mol. The number of halogens is 1. The second-order valence-electron chi connectivity index (χ2n) is 5.82. The standard InChI is InChI=1S/C17H23ClN2O2/c1-20(16(22)10-6-12-19)17(11-5-4-9-15(17)21)13-7-2-3-8-14(13)18/h2-3,7-8H,4-6,9-12,19H2,1H3. The van der Waals surface area contributed by atoms with Crippen LogP contribution in [0.5, 0.6) is 0 Å². The molecule has 4 nitrogen and oxygen atoms in total. The van der Waals surface area contributed by atoms with Gasteiger partial charge in [-0.05, 0) is 38.3 Å². The maximum Gasteiger partial charge on any atom is 0.223 e. The molecule has 2 N–H and O–H groups in total. The molecule has 0 aliphatic heterocycles. The highest BCUT2D eigenvalue weighted by atomic mass is 35.5. The van der Waals surface area contributed by atoms with Gasteiger partial charge in [-0.2, -0.15) is 0 Å². The minimum Gasteiger partial charge on any atom is -0.330 e. The molecule has 1 aromatic carbocycles. The highest BCUT2D eigenvalue weighted by Gasteiger charge is 2.47. The van der Waals surface area contributed by atoms with Crippen LogP contribution in [-0.4, -0.2) is 30.2 Å². The Kier molecular flexibility index (Phi) is 5.59. The van der Waals surface area contributed by atoms with Gasteiger partial charge < -0.3 is 10.6 Å². The lowest BCUT2D eigenvalue weighted by Crippen LogP contribution is -2.54. The fourth-order valence-electron chi connectivity index (χ4n) is 3.26. The molecule has 0 heterocycles. The largest absolute Gasteiger partial charge is 0.330 e. The normalized spacial score (nSPS) is 21.7. The lowest BCUT2D eigenvalue weighted by atomic mass is 9.74. The third-order valence-corrected chi connectivity index (χ3v) is 4.84. The summed E-state index contributed by atoms with van der Waals surface area (Å²) in [5.74, 6) is 0.0241. The third-order valence-electron chi connectivity index (χ3n) is 4.51. The fraction of sp³-hybridized carbons (Fsp3) is 0.529. The summed E-state index contributed by atoms with van der Waals surface area (Å²) in [4.78, 5) is 26.9. The summed E-state index contributed by atoms with van der Waals surface area (Å²) in [6, 6.07) is 7.34. The average Bonchev–Trinajstić information content (AvgIpc) is 2.53. The van der Waals surface area contributed by atoms with E-state index in [-0.39, 0.29) is 11.7 Å². The van der Waals surface area contributed by atoms with Crippen molar-refractivity contribution in [3.8, 4) is 0 Å². The molecule has 1 atom stereocenters. The van der Waals surface area contributed by atoms with Crippen LogP contribution in [0.4, 0.5) is 0 Å². The maximum atomic E-state index is 12.8. The van der Waals surface area contributed by atoms with E-state index in [0.717, 1.165) is 18.4 Å². The minimum absolute atomic E-state index is 0.0550. The van der Waals surface area contributed by atoms with Crippen LogP contribution in [0.2, 0.25) is 5.02 Å². The number of carbonyl (C=O) groups is 2. The molecule has 120 valence electrons. The van der Waals surface area contributed by atoms with Crippen molar-refractivity contribution >= 4 is 23.3 Å². The summed E-state index contributed by atoms with van der Waals surface area (Å²) in [6.45, 7) is 0.465. The van der Waals surface area contributed by atoms with Gasteiger partial charge in [-0.1, -0.05) is 29.8 Å². The fourth-order valence-corrected chi connectivity index (χ4v) is 3.56. The van der Waals surface area contributed by atoms with E-state index in [1.54, 1.807) is 18.0 Å². The number of amides is 1. The topological polar surface area (TPSA) is 63.4 Å². The second-order valence-corrected chi connectivity index (χ2v) is 6.22. The Labute approximate surface area is 136 Å². The molecule has 0 spiro atoms. The van der Waals surface area contributed by atoms with Gasteiger partial charge >= 0.3 is 0 Å². The van der Waals surface area contributed by atoms with Crippen molar-refractivity contribution in [3.63, 3.8) is 0 Å². The Balaban J connectivity index is 2.45. The molecule has 0 bridgehead atoms. The maximum absolute atomic E-state index is 12.8. The van der Waals surface area contributed by atoms with E-state index < -0.39 is 5.54 Å². The van der Waals surface area contributed by atoms with Crippen molar-refractivity contribution in [2.24, 2.45) is 5.73 Å². The van der Waals surface area contributed by atoms with Crippen molar-refractivity contribution in [3.05, 3.63) is 34.9 Å². The second kappa shape index (κ2) is 7.25. The summed E-state index contributed by atoms with van der Waals surface area (Å²) in [7, 11) is 1.71. The molecule has 5 heteroatoms. The van der Waals surface area contributed by atoms with Crippen molar-refractivity contribution in [1.29, 1.82) is 0 Å². The predicted octanol–water partition coefficient (Wildman–Crippen LogP) is 2.88. The first kappa shape index (κ1) is 17.0. The van der Waals surface area contributed by atoms with E-state index in [4.69, 9.17) is 17.3 Å². The van der Waals surface area contributed by atoms with E-state index in [0.29, 0.717) is 37.3 Å². The van der Waals surface area contributed by atoms with Gasteiger partial charge in [-0.15, -0.1) is 0 Å². The first-order chi connectivity index (χ1) is 10.5. The molecule has 1 fully saturated rings. The van der Waals surface area contributed by atoms with Gasteiger partial charge in [0.2, 0.25) is 5.91 Å². The molecule has 1 aliphatic carbocycles. The summed E-state index contributed by atoms with van der Waals surface area (Å²) >= 11 is 6.36. The van der Waals surface area contributed by atoms with Gasteiger partial charge in [0.1, 0.15) is 5.54 Å². The molecular formula is C17H23ClN2O2. The Bertz CT molecular complexity index is 561. The van der Waals surface area contributed by atoms with Crippen LogP contribution in [0.1, 0.15) is 44.1 Å². The Hall–Kier alpha value is -1.39. The predicted molar refractivity (Wildman–Crippen MR) is 87.7 cm³/mol. The first-order valence-corrected chi connectivity index (χ1v) is 8.17. The highest BCUT2D eigenvalue weighted by Crippen LogP contribution is 2.42. The van der Waals surface area contributed by atoms with Gasteiger partial charge in [0.25, 0.3) is 0 Å². The van der Waals surface area contributed by atoms with Crippen molar-refractivity contribution < 1.29 is 9.59 Å². The van der Waals surface area contributed by atoms with Crippen LogP contribution in [0.15, 0.2) is 24.3 Å². The molecule has 1 aliphatic rings. The number of carbonyl (C=O) groups excluding carboxylic acids is 2. The highest BCUT2D eigenvalue weighted by molar-refractivity contribution is 6.31. The summed E-state index contributed by atoms with van der Waals surface area (Å²) in [5, 5.41) is 0.538. The van der Waals surface area contributed by atoms with Gasteiger partial charge in [-0.25, -0.2) is 0 Å². The quantitative estimate of drug-likeness (QED) is 0.906. The number of hydrogen-bond donors (Lipinski definition) is 1. The summed E-state index contributed by atoms with van der Waals surface area (Å²) in [6.07, 6.45) is 3.87. The molecule has 0 radical (unpaired) electrons. The van der Waals surface area contributed by atoms with E-state index in [2.05, 4.69) is 0 Å². The van der Waals surface area contributed by atoms with Gasteiger partial charge in [0, 0.05) is 30.5 Å². The molecule has 1 saturated carbocycles. The average molecular weight is 323 g/mol. The SMILES string of the molecule is CN(C(=O)CCCN)C1(c2ccccc2Cl)CCCCC1=O. The molecule has 2 rings (SSSR count). The lowest BCUT2D eigenvalue weighted by molar-refractivity contribution is -0.148. The molecule has 1 unspecified atom stereocenters. The number of likely N-dealkylation sites (N-methyl/N-ethyl adjacent to an activating group) is 1. The van der Waals surface area contributed by atoms with Crippen LogP contribution in [0, 0.1) is 0 Å². The number of Topliss-reactive ketones (excluding diaryl/α,β-unsaturated/α-hetero) is 1. The number of hydrogen-bond acceptors (Lipinski definition) is 3. The van der Waals surface area contributed by atoms with Crippen LogP contribution in [0.25, 0.3) is 0 Å². The number of benzene rings is 1. The third kappa shape index (κ3) is 3.03. The lowest BCUT2D eigenvalue weighted by Gasteiger charge is -2.44. The zero-order valence-corrected chi connectivity index (χ0v) is 13.7. The van der Waals surface area contributed by atoms with Crippen LogP contribution in [-0.2, 0) is 15.1 Å². The van der Waals surface area contributed by atoms with Crippen molar-refractivity contribution in [1.82, 2.24) is 4.90 Å². The Morgan fingerprint density at radius 3 is 2.73 bits per heavy atom. The number of rotatable bonds is 5. The van der Waals surface area contributed by atoms with Crippen LogP contribution in [0.3, 0.4) is 0 Å². The number of nitrogens with two attached hydrogens (primary N) is 1. The zero-order valence-electron chi connectivity index (χ0n) is 13.0. The number of ketones is 1. The van der Waals surface area contributed by atoms with Gasteiger partial charge in [0.05, 0.1) is 0 Å². The molecular weight excluding hydrogens is 300 g/mol. The molecule has 0 saturated heterocycles. The van der Waals surface area contributed by atoms with Gasteiger partial charge in [-0.3, -0.25) is 9.59 Å².